The molecule has 0 aliphatic rings. The summed E-state index contributed by atoms with van der Waals surface area (Å²) in [6.07, 6.45) is 1.02. The van der Waals surface area contributed by atoms with Gasteiger partial charge in [-0.2, -0.15) is 0 Å². The first kappa shape index (κ1) is 15.0. The maximum absolute atomic E-state index is 5.66. The number of hydrogen-bond donors (Lipinski definition) is 1. The van der Waals surface area contributed by atoms with Crippen molar-refractivity contribution in [3.05, 3.63) is 29.3 Å². The first-order chi connectivity index (χ1) is 8.27. The molecule has 18 heavy (non-hydrogen) atoms. The van der Waals surface area contributed by atoms with E-state index in [1.165, 1.54) is 16.8 Å². The van der Waals surface area contributed by atoms with E-state index in [1.807, 2.05) is 0 Å². The second-order valence-electron chi connectivity index (χ2n) is 6.29. The Kier molecular flexibility index (Phi) is 4.80. The molecule has 2 nitrogen and oxygen atoms in total. The zero-order valence-corrected chi connectivity index (χ0v) is 12.7. The van der Waals surface area contributed by atoms with Crippen molar-refractivity contribution in [1.29, 1.82) is 0 Å². The third kappa shape index (κ3) is 3.49. The number of benzene rings is 1. The van der Waals surface area contributed by atoms with Crippen molar-refractivity contribution in [2.75, 3.05) is 18.5 Å². The molecular weight excluding hydrogens is 220 g/mol. The van der Waals surface area contributed by atoms with Crippen LogP contribution in [0, 0.1) is 6.92 Å². The van der Waals surface area contributed by atoms with Crippen LogP contribution in [0.4, 0.5) is 5.69 Å². The van der Waals surface area contributed by atoms with E-state index in [9.17, 15) is 0 Å². The number of hydrogen-bond acceptors (Lipinski definition) is 2. The number of nitrogens with two attached hydrogens (primary N) is 1. The van der Waals surface area contributed by atoms with Gasteiger partial charge in [0.15, 0.2) is 0 Å². The standard InChI is InChI=1S/C16H28N2/c1-12-7-8-14(16(3,4)5)11-15(12)18(6)13(2)9-10-17/h7-8,11,13H,9-10,17H2,1-6H3. The Morgan fingerprint density at radius 1 is 1.28 bits per heavy atom. The summed E-state index contributed by atoms with van der Waals surface area (Å²) in [6, 6.07) is 7.26. The van der Waals surface area contributed by atoms with E-state index < -0.39 is 0 Å². The lowest BCUT2D eigenvalue weighted by Gasteiger charge is -2.30. The second-order valence-corrected chi connectivity index (χ2v) is 6.29. The van der Waals surface area contributed by atoms with E-state index in [-0.39, 0.29) is 5.41 Å². The second kappa shape index (κ2) is 5.75. The summed E-state index contributed by atoms with van der Waals surface area (Å²) in [5.41, 5.74) is 9.89. The highest BCUT2D eigenvalue weighted by molar-refractivity contribution is 5.56. The van der Waals surface area contributed by atoms with Crippen LogP contribution < -0.4 is 10.6 Å². The topological polar surface area (TPSA) is 29.3 Å². The van der Waals surface area contributed by atoms with E-state index in [0.717, 1.165) is 13.0 Å². The van der Waals surface area contributed by atoms with Gasteiger partial charge >= 0.3 is 0 Å². The van der Waals surface area contributed by atoms with Crippen LogP contribution >= 0.6 is 0 Å². The Morgan fingerprint density at radius 2 is 1.89 bits per heavy atom. The van der Waals surface area contributed by atoms with Crippen LogP contribution in [0.2, 0.25) is 0 Å². The van der Waals surface area contributed by atoms with Gasteiger partial charge in [0.25, 0.3) is 0 Å². The SMILES string of the molecule is Cc1ccc(C(C)(C)C)cc1N(C)C(C)CCN. The van der Waals surface area contributed by atoms with Gasteiger partial charge in [-0.25, -0.2) is 0 Å². The summed E-state index contributed by atoms with van der Waals surface area (Å²) in [6.45, 7) is 11.9. The smallest absolute Gasteiger partial charge is 0.0398 e. The Hall–Kier alpha value is -1.02. The molecule has 1 unspecified atom stereocenters. The van der Waals surface area contributed by atoms with Gasteiger partial charge in [-0.1, -0.05) is 32.9 Å². The summed E-state index contributed by atoms with van der Waals surface area (Å²) in [5.74, 6) is 0. The molecule has 2 heteroatoms. The van der Waals surface area contributed by atoms with Crippen molar-refractivity contribution >= 4 is 5.69 Å². The summed E-state index contributed by atoms with van der Waals surface area (Å²) in [4.78, 5) is 2.34. The number of anilines is 1. The Labute approximate surface area is 112 Å². The largest absolute Gasteiger partial charge is 0.372 e. The van der Waals surface area contributed by atoms with Gasteiger partial charge < -0.3 is 10.6 Å². The third-order valence-corrected chi connectivity index (χ3v) is 3.70. The molecular formula is C16H28N2. The van der Waals surface area contributed by atoms with Crippen molar-refractivity contribution in [2.45, 2.75) is 52.5 Å². The Bertz CT molecular complexity index is 391. The van der Waals surface area contributed by atoms with Crippen molar-refractivity contribution in [3.63, 3.8) is 0 Å². The lowest BCUT2D eigenvalue weighted by atomic mass is 9.86. The highest BCUT2D eigenvalue weighted by Crippen LogP contribution is 2.29. The molecule has 0 aliphatic carbocycles. The molecule has 0 aliphatic heterocycles. The van der Waals surface area contributed by atoms with Crippen molar-refractivity contribution in [1.82, 2.24) is 0 Å². The molecule has 1 aromatic carbocycles. The minimum atomic E-state index is 0.195. The number of aryl methyl sites for hydroxylation is 1. The molecule has 0 saturated carbocycles. The van der Waals surface area contributed by atoms with Gasteiger partial charge in [-0.3, -0.25) is 0 Å². The predicted octanol–water partition coefficient (Wildman–Crippen LogP) is 3.47. The summed E-state index contributed by atoms with van der Waals surface area (Å²) >= 11 is 0. The van der Waals surface area contributed by atoms with Gasteiger partial charge in [0.2, 0.25) is 0 Å². The average molecular weight is 248 g/mol. The fourth-order valence-electron chi connectivity index (χ4n) is 2.13. The minimum Gasteiger partial charge on any atom is -0.372 e. The highest BCUT2D eigenvalue weighted by Gasteiger charge is 2.17. The molecule has 1 aromatic rings. The van der Waals surface area contributed by atoms with Gasteiger partial charge in [0.1, 0.15) is 0 Å². The Balaban J connectivity index is 3.08. The lowest BCUT2D eigenvalue weighted by molar-refractivity contribution is 0.587. The van der Waals surface area contributed by atoms with Crippen LogP contribution in [0.15, 0.2) is 18.2 Å². The molecule has 1 rings (SSSR count). The predicted molar refractivity (Wildman–Crippen MR) is 81.4 cm³/mol. The molecule has 0 aromatic heterocycles. The fraction of sp³-hybridized carbons (Fsp3) is 0.625. The van der Waals surface area contributed by atoms with E-state index >= 15 is 0 Å². The zero-order chi connectivity index (χ0) is 13.9. The first-order valence-electron chi connectivity index (χ1n) is 6.81. The zero-order valence-electron chi connectivity index (χ0n) is 12.7. The van der Waals surface area contributed by atoms with Crippen molar-refractivity contribution in [2.24, 2.45) is 5.73 Å². The third-order valence-electron chi connectivity index (χ3n) is 3.70. The molecule has 0 saturated heterocycles. The van der Waals surface area contributed by atoms with Crippen LogP contribution in [0.3, 0.4) is 0 Å². The van der Waals surface area contributed by atoms with Crippen molar-refractivity contribution in [3.8, 4) is 0 Å². The average Bonchev–Trinajstić information content (AvgIpc) is 2.27. The maximum Gasteiger partial charge on any atom is 0.0398 e. The highest BCUT2D eigenvalue weighted by atomic mass is 15.1. The molecule has 0 radical (unpaired) electrons. The molecule has 0 spiro atoms. The first-order valence-corrected chi connectivity index (χ1v) is 6.81. The molecule has 0 fully saturated rings. The van der Waals surface area contributed by atoms with Crippen LogP contribution in [0.5, 0.6) is 0 Å². The summed E-state index contributed by atoms with van der Waals surface area (Å²) in [7, 11) is 2.16. The summed E-state index contributed by atoms with van der Waals surface area (Å²) in [5, 5.41) is 0. The molecule has 0 heterocycles. The minimum absolute atomic E-state index is 0.195. The fourth-order valence-corrected chi connectivity index (χ4v) is 2.13. The summed E-state index contributed by atoms with van der Waals surface area (Å²) < 4.78 is 0. The van der Waals surface area contributed by atoms with E-state index in [1.54, 1.807) is 0 Å². The lowest BCUT2D eigenvalue weighted by Crippen LogP contribution is -2.31. The van der Waals surface area contributed by atoms with Gasteiger partial charge in [-0.15, -0.1) is 0 Å². The van der Waals surface area contributed by atoms with Crippen LogP contribution in [0.25, 0.3) is 0 Å². The van der Waals surface area contributed by atoms with E-state index in [4.69, 9.17) is 5.73 Å². The quantitative estimate of drug-likeness (QED) is 0.884. The van der Waals surface area contributed by atoms with Gasteiger partial charge in [-0.05, 0) is 49.4 Å². The molecule has 1 atom stereocenters. The van der Waals surface area contributed by atoms with E-state index in [0.29, 0.717) is 6.04 Å². The van der Waals surface area contributed by atoms with Crippen LogP contribution in [-0.2, 0) is 5.41 Å². The Morgan fingerprint density at radius 3 is 2.39 bits per heavy atom. The van der Waals surface area contributed by atoms with Crippen molar-refractivity contribution < 1.29 is 0 Å². The molecule has 0 amide bonds. The molecule has 102 valence electrons. The normalized spacial score (nSPS) is 13.5. The van der Waals surface area contributed by atoms with Crippen LogP contribution in [0.1, 0.15) is 45.2 Å². The maximum atomic E-state index is 5.66. The monoisotopic (exact) mass is 248 g/mol. The van der Waals surface area contributed by atoms with E-state index in [2.05, 4.69) is 64.8 Å². The molecule has 0 bridgehead atoms. The van der Waals surface area contributed by atoms with Crippen LogP contribution in [-0.4, -0.2) is 19.6 Å². The number of rotatable bonds is 4. The molecule has 2 N–H and O–H groups in total. The number of nitrogens with zero attached hydrogens (tertiary/aromatic N) is 1. The van der Waals surface area contributed by atoms with Gasteiger partial charge in [0, 0.05) is 18.8 Å². The van der Waals surface area contributed by atoms with Gasteiger partial charge in [0.05, 0.1) is 0 Å².